The van der Waals surface area contributed by atoms with E-state index in [2.05, 4.69) is 69.8 Å². The molecule has 8 rings (SSSR count). The molecule has 0 spiro atoms. The fourth-order valence-electron chi connectivity index (χ4n) is 7.72. The molecule has 3 fully saturated rings. The number of hydrogen-bond donors (Lipinski definition) is 2. The van der Waals surface area contributed by atoms with Crippen molar-refractivity contribution in [1.29, 1.82) is 0 Å². The number of anilines is 1. The van der Waals surface area contributed by atoms with Crippen LogP contribution in [-0.2, 0) is 4.79 Å². The van der Waals surface area contributed by atoms with Crippen LogP contribution < -0.4 is 19.7 Å². The number of aromatic nitrogens is 1. The van der Waals surface area contributed by atoms with Crippen LogP contribution in [-0.4, -0.2) is 121 Å². The van der Waals surface area contributed by atoms with E-state index in [-0.39, 0.29) is 17.7 Å². The standard InChI is InChI=1S/C40H44N6O6/c1-41-17-21-43(22-18-41)28-7-9-32-34(25-28)51-35-26-29(44-23-19-42(2)20-24-44)8-10-33(35)38(32)30-5-3-4-6-31(30)39(49)45-15-13-27(14-16-45)40(50)52-46-36(47)11-12-37(46)48/h3-12,25-27,49H,13-24H2,1-2H3/p+1. The second kappa shape index (κ2) is 14.0. The molecule has 5 aliphatic rings. The minimum Gasteiger partial charge on any atom is -0.492 e. The van der Waals surface area contributed by atoms with Gasteiger partial charge < -0.3 is 34.2 Å². The molecule has 0 radical (unpaired) electrons. The highest BCUT2D eigenvalue weighted by atomic mass is 16.7. The summed E-state index contributed by atoms with van der Waals surface area (Å²) in [6, 6.07) is 23.1. The highest BCUT2D eigenvalue weighted by Crippen LogP contribution is 2.42. The average Bonchev–Trinajstić information content (AvgIpc) is 3.49. The molecule has 0 bridgehead atoms. The van der Waals surface area contributed by atoms with Crippen molar-refractivity contribution in [2.24, 2.45) is 5.92 Å². The number of carbonyl (C=O) groups is 2. The lowest BCUT2D eigenvalue weighted by Crippen LogP contribution is -2.46. The monoisotopic (exact) mass is 705 g/mol. The smallest absolute Gasteiger partial charge is 0.336 e. The van der Waals surface area contributed by atoms with Crippen LogP contribution in [0.25, 0.3) is 33.4 Å². The third-order valence-electron chi connectivity index (χ3n) is 10.9. The van der Waals surface area contributed by atoms with E-state index >= 15 is 0 Å². The van der Waals surface area contributed by atoms with Crippen molar-refractivity contribution in [2.75, 3.05) is 84.4 Å². The van der Waals surface area contributed by atoms with Gasteiger partial charge in [-0.2, -0.15) is 0 Å². The Kier molecular flexibility index (Phi) is 9.10. The number of aromatic hydroxyl groups is 2. The summed E-state index contributed by atoms with van der Waals surface area (Å²) < 4.78 is 9.88. The van der Waals surface area contributed by atoms with Crippen molar-refractivity contribution in [1.82, 2.24) is 24.0 Å². The largest absolute Gasteiger partial charge is 0.492 e. The molecule has 0 saturated carbocycles. The normalized spacial score (nSPS) is 18.0. The number of nitrogens with zero attached hydrogens (tertiary/aromatic N) is 6. The van der Waals surface area contributed by atoms with E-state index < -0.39 is 11.9 Å². The topological polar surface area (TPSA) is 118 Å². The van der Waals surface area contributed by atoms with Crippen LogP contribution in [0.3, 0.4) is 0 Å². The molecule has 2 aromatic carbocycles. The maximum absolute atomic E-state index is 14.4. The lowest BCUT2D eigenvalue weighted by atomic mass is 9.89. The van der Waals surface area contributed by atoms with E-state index in [1.807, 2.05) is 24.3 Å². The number of carbonyl (C=O) groups excluding carboxylic acids is 2. The molecule has 52 heavy (non-hydrogen) atoms. The molecular formula is C40H45N6O6+. The molecule has 3 saturated heterocycles. The van der Waals surface area contributed by atoms with E-state index in [0.717, 1.165) is 96.8 Å². The van der Waals surface area contributed by atoms with Crippen molar-refractivity contribution >= 4 is 28.5 Å². The van der Waals surface area contributed by atoms with E-state index in [1.165, 1.54) is 12.1 Å². The first-order valence-electron chi connectivity index (χ1n) is 18.1. The van der Waals surface area contributed by atoms with Gasteiger partial charge in [-0.1, -0.05) is 18.2 Å². The third-order valence-corrected chi connectivity index (χ3v) is 10.9. The van der Waals surface area contributed by atoms with E-state index in [9.17, 15) is 19.8 Å². The third kappa shape index (κ3) is 6.48. The zero-order chi connectivity index (χ0) is 35.9. The fourth-order valence-corrected chi connectivity index (χ4v) is 7.72. The molecule has 12 nitrogen and oxygen atoms in total. The zero-order valence-electron chi connectivity index (χ0n) is 29.7. The first-order valence-corrected chi connectivity index (χ1v) is 18.1. The first-order chi connectivity index (χ1) is 25.2. The first kappa shape index (κ1) is 33.8. The Morgan fingerprint density at radius 1 is 0.769 bits per heavy atom. The quantitative estimate of drug-likeness (QED) is 0.210. The van der Waals surface area contributed by atoms with Gasteiger partial charge in [-0.25, -0.2) is 9.37 Å². The summed E-state index contributed by atoms with van der Waals surface area (Å²) in [5.74, 6) is -1.10. The Morgan fingerprint density at radius 2 is 1.46 bits per heavy atom. The number of hydrogen-bond acceptors (Lipinski definition) is 9. The number of likely N-dealkylation sites (tertiary alicyclic amines) is 1. The average molecular weight is 706 g/mol. The molecule has 0 atom stereocenters. The zero-order valence-corrected chi connectivity index (χ0v) is 29.7. The minimum atomic E-state index is -0.563. The van der Waals surface area contributed by atoms with Crippen molar-refractivity contribution in [3.05, 3.63) is 83.7 Å². The second-order valence-corrected chi connectivity index (χ2v) is 14.3. The van der Waals surface area contributed by atoms with Crippen LogP contribution in [0.1, 0.15) is 23.2 Å². The highest BCUT2D eigenvalue weighted by molar-refractivity contribution is 6.09. The number of piperazine rings is 2. The second-order valence-electron chi connectivity index (χ2n) is 14.3. The molecule has 1 aliphatic carbocycles. The molecular weight excluding hydrogens is 660 g/mol. The number of amides is 1. The van der Waals surface area contributed by atoms with Gasteiger partial charge in [-0.3, -0.25) is 9.69 Å². The maximum atomic E-state index is 14.4. The van der Waals surface area contributed by atoms with Gasteiger partial charge in [-0.15, -0.1) is 4.73 Å². The number of rotatable bonds is 5. The Morgan fingerprint density at radius 3 is 2.19 bits per heavy atom. The summed E-state index contributed by atoms with van der Waals surface area (Å²) in [6.07, 6.45) is 0.797. The van der Waals surface area contributed by atoms with Crippen LogP contribution >= 0.6 is 0 Å². The van der Waals surface area contributed by atoms with Gasteiger partial charge >= 0.3 is 5.97 Å². The lowest BCUT2D eigenvalue weighted by molar-refractivity contribution is -0.151. The molecule has 3 aromatic rings. The van der Waals surface area contributed by atoms with Crippen LogP contribution in [0.2, 0.25) is 0 Å². The molecule has 1 aromatic heterocycles. The minimum absolute atomic E-state index is 0.103. The predicted octanol–water partition coefficient (Wildman–Crippen LogP) is 3.39. The molecule has 5 heterocycles. The summed E-state index contributed by atoms with van der Waals surface area (Å²) in [5.41, 5.74) is 5.22. The maximum Gasteiger partial charge on any atom is 0.336 e. The van der Waals surface area contributed by atoms with Crippen molar-refractivity contribution in [3.8, 4) is 34.2 Å². The molecule has 4 aliphatic heterocycles. The molecule has 0 unspecified atom stereocenters. The van der Waals surface area contributed by atoms with Gasteiger partial charge in [0.25, 0.3) is 5.91 Å². The molecule has 12 heteroatoms. The van der Waals surface area contributed by atoms with Gasteiger partial charge in [0.2, 0.25) is 17.1 Å². The molecule has 1 amide bonds. The predicted molar refractivity (Wildman–Crippen MR) is 198 cm³/mol. The number of likely N-dealkylation sites (N-methyl/N-ethyl adjacent to an activating group) is 2. The molecule has 2 N–H and O–H groups in total. The van der Waals surface area contributed by atoms with Gasteiger partial charge in [0.1, 0.15) is 11.3 Å². The Labute approximate surface area is 302 Å². The van der Waals surface area contributed by atoms with E-state index in [4.69, 9.17) is 9.25 Å². The number of benzene rings is 3. The summed E-state index contributed by atoms with van der Waals surface area (Å²) in [5, 5.41) is 21.9. The lowest BCUT2D eigenvalue weighted by Gasteiger charge is -2.34. The number of fused-ring (bicyclic) bond motifs is 2. The van der Waals surface area contributed by atoms with Crippen molar-refractivity contribution < 1.29 is 29.1 Å². The Bertz CT molecular complexity index is 2150. The summed E-state index contributed by atoms with van der Waals surface area (Å²) in [6.45, 7) is 8.51. The number of piperidine rings is 1. The highest BCUT2D eigenvalue weighted by Gasteiger charge is 2.32. The van der Waals surface area contributed by atoms with E-state index in [0.29, 0.717) is 36.2 Å². The van der Waals surface area contributed by atoms with Crippen LogP contribution in [0, 0.1) is 5.92 Å². The molecule has 270 valence electrons. The van der Waals surface area contributed by atoms with Gasteiger partial charge in [0.15, 0.2) is 13.1 Å². The van der Waals surface area contributed by atoms with Gasteiger partial charge in [0.05, 0.1) is 25.1 Å². The summed E-state index contributed by atoms with van der Waals surface area (Å²) >= 11 is 0. The van der Waals surface area contributed by atoms with E-state index in [1.54, 1.807) is 4.90 Å². The van der Waals surface area contributed by atoms with Crippen molar-refractivity contribution in [3.63, 3.8) is 0 Å². The van der Waals surface area contributed by atoms with Crippen LogP contribution in [0.5, 0.6) is 11.8 Å². The summed E-state index contributed by atoms with van der Waals surface area (Å²) in [4.78, 5) is 41.4. The van der Waals surface area contributed by atoms with Gasteiger partial charge in [-0.05, 0) is 56.8 Å². The van der Waals surface area contributed by atoms with Crippen LogP contribution in [0.4, 0.5) is 5.69 Å². The fraction of sp³-hybridized carbons (Fsp3) is 0.375. The van der Waals surface area contributed by atoms with Gasteiger partial charge in [0, 0.05) is 91.3 Å². The Balaban J connectivity index is 1.15. The van der Waals surface area contributed by atoms with Crippen LogP contribution in [0.15, 0.2) is 77.2 Å². The van der Waals surface area contributed by atoms with Crippen molar-refractivity contribution in [2.45, 2.75) is 12.8 Å². The Hall–Kier alpha value is -5.33. The summed E-state index contributed by atoms with van der Waals surface area (Å²) in [7, 11) is 4.31. The SMILES string of the molecule is CN1CCN(c2ccc3c(-c4ccccc4C(=O)N4CCC(C(=O)On5c(O)ccc5O)CC4)c4ccc(=[N+]5CCN(C)CC5)cc-4oc3c2)CC1.